The van der Waals surface area contributed by atoms with Gasteiger partial charge in [0.1, 0.15) is 4.88 Å². The van der Waals surface area contributed by atoms with E-state index in [0.717, 1.165) is 23.0 Å². The average Bonchev–Trinajstić information content (AvgIpc) is 2.87. The molecule has 0 N–H and O–H groups in total. The number of aromatic nitrogens is 2. The summed E-state index contributed by atoms with van der Waals surface area (Å²) < 4.78 is 4.71. The van der Waals surface area contributed by atoms with Gasteiger partial charge in [0.25, 0.3) is 0 Å². The first kappa shape index (κ1) is 11.9. The molecule has 16 heavy (non-hydrogen) atoms. The summed E-state index contributed by atoms with van der Waals surface area (Å²) in [7, 11) is 0. The Bertz CT molecular complexity index is 506. The molecule has 0 aromatic carbocycles. The lowest BCUT2D eigenvalue weighted by Gasteiger charge is -1.97. The Balaban J connectivity index is 2.34. The van der Waals surface area contributed by atoms with Gasteiger partial charge < -0.3 is 0 Å². The molecule has 0 unspecified atom stereocenters. The predicted molar refractivity (Wildman–Crippen MR) is 69.4 cm³/mol. The van der Waals surface area contributed by atoms with Crippen molar-refractivity contribution in [2.75, 3.05) is 0 Å². The number of ketones is 1. The minimum Gasteiger partial charge on any atom is -0.287 e. The predicted octanol–water partition coefficient (Wildman–Crippen LogP) is 3.55. The van der Waals surface area contributed by atoms with Crippen molar-refractivity contribution < 1.29 is 4.79 Å². The smallest absolute Gasteiger partial charge is 0.208 e. The summed E-state index contributed by atoms with van der Waals surface area (Å²) in [6.45, 7) is 2.06. The molecule has 0 saturated heterocycles. The summed E-state index contributed by atoms with van der Waals surface area (Å²) in [6, 6.07) is 0. The van der Waals surface area contributed by atoms with Crippen molar-refractivity contribution in [1.29, 1.82) is 0 Å². The van der Waals surface area contributed by atoms with Crippen molar-refractivity contribution in [2.24, 2.45) is 0 Å². The van der Waals surface area contributed by atoms with Crippen LogP contribution in [0.4, 0.5) is 0 Å². The molecule has 0 atom stereocenters. The highest BCUT2D eigenvalue weighted by molar-refractivity contribution is 9.10. The molecule has 0 aliphatic carbocycles. The van der Waals surface area contributed by atoms with E-state index in [1.165, 1.54) is 22.9 Å². The van der Waals surface area contributed by atoms with E-state index in [1.807, 2.05) is 10.8 Å². The van der Waals surface area contributed by atoms with Crippen LogP contribution in [0.1, 0.15) is 34.3 Å². The van der Waals surface area contributed by atoms with E-state index in [-0.39, 0.29) is 5.78 Å². The van der Waals surface area contributed by atoms with E-state index in [0.29, 0.717) is 10.4 Å². The lowest BCUT2D eigenvalue weighted by molar-refractivity contribution is 0.104. The van der Waals surface area contributed by atoms with Crippen LogP contribution >= 0.6 is 38.8 Å². The van der Waals surface area contributed by atoms with Crippen LogP contribution in [0.2, 0.25) is 0 Å². The Labute approximate surface area is 110 Å². The van der Waals surface area contributed by atoms with E-state index in [4.69, 9.17) is 0 Å². The third-order valence-corrected chi connectivity index (χ3v) is 4.58. The highest BCUT2D eigenvalue weighted by Crippen LogP contribution is 2.26. The maximum atomic E-state index is 12.2. The molecule has 0 spiro atoms. The molecule has 0 radical (unpaired) electrons. The number of halogens is 1. The molecule has 2 aromatic rings. The standard InChI is InChI=1S/C10H9BrN2OS2/c1-2-3-8-10(16-13-12-8)9(14)6-4-15-5-7(6)11/h4-5H,2-3H2,1H3. The first-order chi connectivity index (χ1) is 7.74. The molecule has 2 aromatic heterocycles. The van der Waals surface area contributed by atoms with Gasteiger partial charge >= 0.3 is 0 Å². The third-order valence-electron chi connectivity index (χ3n) is 2.11. The minimum absolute atomic E-state index is 0.0200. The largest absolute Gasteiger partial charge is 0.287 e. The maximum absolute atomic E-state index is 12.2. The van der Waals surface area contributed by atoms with Crippen LogP contribution in [0.3, 0.4) is 0 Å². The van der Waals surface area contributed by atoms with Gasteiger partial charge in [0, 0.05) is 20.8 Å². The molecule has 0 saturated carbocycles. The number of hydrogen-bond donors (Lipinski definition) is 0. The van der Waals surface area contributed by atoms with Crippen LogP contribution in [-0.4, -0.2) is 15.4 Å². The lowest BCUT2D eigenvalue weighted by atomic mass is 10.1. The molecule has 0 aliphatic rings. The van der Waals surface area contributed by atoms with Gasteiger partial charge in [-0.3, -0.25) is 4.79 Å². The fraction of sp³-hybridized carbons (Fsp3) is 0.300. The summed E-state index contributed by atoms with van der Waals surface area (Å²) in [5.41, 5.74) is 1.52. The number of nitrogens with zero attached hydrogens (tertiary/aromatic N) is 2. The number of carbonyl (C=O) groups excluding carboxylic acids is 1. The number of carbonyl (C=O) groups is 1. The Morgan fingerprint density at radius 2 is 2.31 bits per heavy atom. The summed E-state index contributed by atoms with van der Waals surface area (Å²) in [6.07, 6.45) is 1.77. The van der Waals surface area contributed by atoms with Gasteiger partial charge in [-0.05, 0) is 33.9 Å². The van der Waals surface area contributed by atoms with Crippen molar-refractivity contribution in [3.8, 4) is 0 Å². The normalized spacial score (nSPS) is 10.6. The monoisotopic (exact) mass is 316 g/mol. The fourth-order valence-electron chi connectivity index (χ4n) is 1.35. The van der Waals surface area contributed by atoms with Gasteiger partial charge in [0.2, 0.25) is 5.78 Å². The van der Waals surface area contributed by atoms with Gasteiger partial charge in [-0.1, -0.05) is 17.8 Å². The second kappa shape index (κ2) is 5.16. The third kappa shape index (κ3) is 2.23. The number of aryl methyl sites for hydroxylation is 1. The molecular formula is C10H9BrN2OS2. The fourth-order valence-corrected chi connectivity index (χ4v) is 3.46. The van der Waals surface area contributed by atoms with E-state index in [1.54, 1.807) is 0 Å². The molecule has 0 bridgehead atoms. The van der Waals surface area contributed by atoms with Crippen LogP contribution < -0.4 is 0 Å². The van der Waals surface area contributed by atoms with Gasteiger partial charge in [-0.2, -0.15) is 11.3 Å². The summed E-state index contributed by atoms with van der Waals surface area (Å²) in [5, 5.41) is 7.76. The Kier molecular flexibility index (Phi) is 3.83. The van der Waals surface area contributed by atoms with Crippen LogP contribution in [0.15, 0.2) is 15.2 Å². The summed E-state index contributed by atoms with van der Waals surface area (Å²) in [4.78, 5) is 12.9. The molecule has 2 heterocycles. The lowest BCUT2D eigenvalue weighted by Crippen LogP contribution is -2.02. The summed E-state index contributed by atoms with van der Waals surface area (Å²) >= 11 is 6.05. The van der Waals surface area contributed by atoms with Crippen LogP contribution in [0.5, 0.6) is 0 Å². The molecular weight excluding hydrogens is 308 g/mol. The zero-order chi connectivity index (χ0) is 11.5. The highest BCUT2D eigenvalue weighted by atomic mass is 79.9. The highest BCUT2D eigenvalue weighted by Gasteiger charge is 2.19. The van der Waals surface area contributed by atoms with E-state index >= 15 is 0 Å². The van der Waals surface area contributed by atoms with Crippen molar-refractivity contribution in [1.82, 2.24) is 9.59 Å². The Morgan fingerprint density at radius 3 is 2.94 bits per heavy atom. The van der Waals surface area contributed by atoms with Crippen LogP contribution in [0, 0.1) is 0 Å². The van der Waals surface area contributed by atoms with Crippen LogP contribution in [0.25, 0.3) is 0 Å². The molecule has 2 rings (SSSR count). The van der Waals surface area contributed by atoms with E-state index in [2.05, 4.69) is 32.4 Å². The van der Waals surface area contributed by atoms with E-state index in [9.17, 15) is 4.79 Å². The quantitative estimate of drug-likeness (QED) is 0.810. The average molecular weight is 317 g/mol. The van der Waals surface area contributed by atoms with Gasteiger partial charge in [0.05, 0.1) is 5.69 Å². The zero-order valence-corrected chi connectivity index (χ0v) is 11.8. The van der Waals surface area contributed by atoms with Crippen LogP contribution in [-0.2, 0) is 6.42 Å². The molecule has 0 fully saturated rings. The topological polar surface area (TPSA) is 42.9 Å². The zero-order valence-electron chi connectivity index (χ0n) is 8.57. The molecule has 3 nitrogen and oxygen atoms in total. The maximum Gasteiger partial charge on any atom is 0.208 e. The van der Waals surface area contributed by atoms with Crippen molar-refractivity contribution in [2.45, 2.75) is 19.8 Å². The first-order valence-corrected chi connectivity index (χ1v) is 7.32. The molecule has 6 heteroatoms. The number of hydrogen-bond acceptors (Lipinski definition) is 5. The summed E-state index contributed by atoms with van der Waals surface area (Å²) in [5.74, 6) is 0.0200. The van der Waals surface area contributed by atoms with Gasteiger partial charge in [-0.15, -0.1) is 5.10 Å². The molecule has 84 valence electrons. The number of rotatable bonds is 4. The van der Waals surface area contributed by atoms with Gasteiger partial charge in [0.15, 0.2) is 0 Å². The number of thiophene rings is 1. The molecule has 0 amide bonds. The Hall–Kier alpha value is -0.590. The molecule has 0 aliphatic heterocycles. The SMILES string of the molecule is CCCc1nnsc1C(=O)c1cscc1Br. The van der Waals surface area contributed by atoms with E-state index < -0.39 is 0 Å². The van der Waals surface area contributed by atoms with Crippen molar-refractivity contribution >= 4 is 44.6 Å². The Morgan fingerprint density at radius 1 is 1.50 bits per heavy atom. The van der Waals surface area contributed by atoms with Crippen molar-refractivity contribution in [3.63, 3.8) is 0 Å². The second-order valence-corrected chi connectivity index (χ2v) is 5.61. The minimum atomic E-state index is 0.0200. The first-order valence-electron chi connectivity index (χ1n) is 4.81. The second-order valence-electron chi connectivity index (χ2n) is 3.26. The van der Waals surface area contributed by atoms with Crippen molar-refractivity contribution in [3.05, 3.63) is 31.4 Å². The van der Waals surface area contributed by atoms with Gasteiger partial charge in [-0.25, -0.2) is 0 Å².